The number of aromatic nitrogens is 2. The lowest BCUT2D eigenvalue weighted by molar-refractivity contribution is 0.686. The molecule has 0 bridgehead atoms. The predicted octanol–water partition coefficient (Wildman–Crippen LogP) is 4.47. The van der Waals surface area contributed by atoms with Gasteiger partial charge in [0.2, 0.25) is 0 Å². The van der Waals surface area contributed by atoms with E-state index in [-0.39, 0.29) is 0 Å². The van der Waals surface area contributed by atoms with Gasteiger partial charge >= 0.3 is 0 Å². The lowest BCUT2D eigenvalue weighted by Gasteiger charge is -2.17. The standard InChI is InChI=1S/C17H19N3S/c1-13-8-9-17(21-13)14(2)19-16-7-4-3-6-15(16)12-20-11-5-10-18-20/h3-11,14,19H,12H2,1-2H3. The highest BCUT2D eigenvalue weighted by Gasteiger charge is 2.10. The molecule has 0 fully saturated rings. The third-order valence-corrected chi connectivity index (χ3v) is 4.65. The van der Waals surface area contributed by atoms with Crippen molar-refractivity contribution in [3.8, 4) is 0 Å². The zero-order chi connectivity index (χ0) is 14.7. The number of thiophene rings is 1. The smallest absolute Gasteiger partial charge is 0.0679 e. The van der Waals surface area contributed by atoms with Crippen molar-refractivity contribution in [2.24, 2.45) is 0 Å². The second-order valence-electron chi connectivity index (χ2n) is 5.18. The van der Waals surface area contributed by atoms with Gasteiger partial charge in [-0.3, -0.25) is 4.68 Å². The topological polar surface area (TPSA) is 29.9 Å². The molecule has 2 heterocycles. The Labute approximate surface area is 129 Å². The molecular formula is C17H19N3S. The van der Waals surface area contributed by atoms with E-state index in [4.69, 9.17) is 0 Å². The maximum Gasteiger partial charge on any atom is 0.0679 e. The van der Waals surface area contributed by atoms with Gasteiger partial charge in [0.05, 0.1) is 12.6 Å². The molecule has 0 spiro atoms. The van der Waals surface area contributed by atoms with Gasteiger partial charge in [-0.2, -0.15) is 5.10 Å². The van der Waals surface area contributed by atoms with Crippen molar-refractivity contribution in [1.29, 1.82) is 0 Å². The van der Waals surface area contributed by atoms with E-state index in [9.17, 15) is 0 Å². The van der Waals surface area contributed by atoms with Gasteiger partial charge in [-0.25, -0.2) is 0 Å². The normalized spacial score (nSPS) is 12.3. The molecule has 21 heavy (non-hydrogen) atoms. The molecule has 1 aromatic carbocycles. The first-order valence-corrected chi connectivity index (χ1v) is 7.92. The number of rotatable bonds is 5. The van der Waals surface area contributed by atoms with Crippen molar-refractivity contribution in [3.63, 3.8) is 0 Å². The summed E-state index contributed by atoms with van der Waals surface area (Å²) in [6.45, 7) is 5.13. The Kier molecular flexibility index (Phi) is 4.06. The maximum absolute atomic E-state index is 4.28. The van der Waals surface area contributed by atoms with Crippen LogP contribution in [-0.4, -0.2) is 9.78 Å². The average molecular weight is 297 g/mol. The van der Waals surface area contributed by atoms with Gasteiger partial charge in [0.25, 0.3) is 0 Å². The van der Waals surface area contributed by atoms with Crippen LogP contribution in [0, 0.1) is 6.92 Å². The van der Waals surface area contributed by atoms with Crippen molar-refractivity contribution in [2.45, 2.75) is 26.4 Å². The van der Waals surface area contributed by atoms with Gasteiger partial charge in [0.1, 0.15) is 0 Å². The van der Waals surface area contributed by atoms with E-state index in [1.165, 1.54) is 21.0 Å². The number of hydrogen-bond acceptors (Lipinski definition) is 3. The van der Waals surface area contributed by atoms with Crippen LogP contribution >= 0.6 is 11.3 Å². The minimum atomic E-state index is 0.308. The molecule has 4 heteroatoms. The summed E-state index contributed by atoms with van der Waals surface area (Å²) in [6, 6.07) is 15.1. The minimum Gasteiger partial charge on any atom is -0.377 e. The molecule has 0 radical (unpaired) electrons. The van der Waals surface area contributed by atoms with Gasteiger partial charge in [-0.15, -0.1) is 11.3 Å². The lowest BCUT2D eigenvalue weighted by atomic mass is 10.1. The van der Waals surface area contributed by atoms with Crippen LogP contribution in [0.25, 0.3) is 0 Å². The zero-order valence-electron chi connectivity index (χ0n) is 12.3. The van der Waals surface area contributed by atoms with Crippen LogP contribution < -0.4 is 5.32 Å². The van der Waals surface area contributed by atoms with E-state index in [2.05, 4.69) is 60.7 Å². The third-order valence-electron chi connectivity index (χ3n) is 3.47. The molecule has 3 rings (SSSR count). The first-order chi connectivity index (χ1) is 10.2. The number of anilines is 1. The molecule has 0 aliphatic carbocycles. The minimum absolute atomic E-state index is 0.308. The highest BCUT2D eigenvalue weighted by Crippen LogP contribution is 2.27. The Balaban J connectivity index is 1.78. The summed E-state index contributed by atoms with van der Waals surface area (Å²) < 4.78 is 1.94. The van der Waals surface area contributed by atoms with Crippen molar-refractivity contribution in [1.82, 2.24) is 9.78 Å². The number of nitrogens with zero attached hydrogens (tertiary/aromatic N) is 2. The van der Waals surface area contributed by atoms with Crippen LogP contribution in [0.1, 0.15) is 28.3 Å². The number of aryl methyl sites for hydroxylation is 1. The van der Waals surface area contributed by atoms with Gasteiger partial charge in [-0.1, -0.05) is 18.2 Å². The van der Waals surface area contributed by atoms with E-state index in [0.717, 1.165) is 6.54 Å². The van der Waals surface area contributed by atoms with E-state index in [1.54, 1.807) is 0 Å². The Bertz CT molecular complexity index is 700. The van der Waals surface area contributed by atoms with E-state index in [1.807, 2.05) is 34.5 Å². The summed E-state index contributed by atoms with van der Waals surface area (Å²) in [7, 11) is 0. The number of nitrogens with one attached hydrogen (secondary N) is 1. The second kappa shape index (κ2) is 6.14. The molecule has 108 valence electrons. The van der Waals surface area contributed by atoms with Crippen LogP contribution in [-0.2, 0) is 6.54 Å². The van der Waals surface area contributed by atoms with Crippen LogP contribution in [0.15, 0.2) is 54.9 Å². The average Bonchev–Trinajstić information content (AvgIpc) is 3.12. The number of hydrogen-bond donors (Lipinski definition) is 1. The second-order valence-corrected chi connectivity index (χ2v) is 6.49. The van der Waals surface area contributed by atoms with E-state index < -0.39 is 0 Å². The van der Waals surface area contributed by atoms with Crippen molar-refractivity contribution < 1.29 is 0 Å². The first kappa shape index (κ1) is 13.9. The SMILES string of the molecule is Cc1ccc(C(C)Nc2ccccc2Cn2cccn2)s1. The summed E-state index contributed by atoms with van der Waals surface area (Å²) in [4.78, 5) is 2.71. The molecule has 2 aromatic heterocycles. The summed E-state index contributed by atoms with van der Waals surface area (Å²) >= 11 is 1.85. The Morgan fingerprint density at radius 3 is 2.76 bits per heavy atom. The van der Waals surface area contributed by atoms with Gasteiger partial charge in [-0.05, 0) is 43.7 Å². The fraction of sp³-hybridized carbons (Fsp3) is 0.235. The zero-order valence-corrected chi connectivity index (χ0v) is 13.1. The lowest BCUT2D eigenvalue weighted by Crippen LogP contribution is -2.09. The molecule has 3 aromatic rings. The highest BCUT2D eigenvalue weighted by molar-refractivity contribution is 7.12. The van der Waals surface area contributed by atoms with Gasteiger partial charge < -0.3 is 5.32 Å². The van der Waals surface area contributed by atoms with Crippen LogP contribution in [0.3, 0.4) is 0 Å². The monoisotopic (exact) mass is 297 g/mol. The van der Waals surface area contributed by atoms with Crippen molar-refractivity contribution in [2.75, 3.05) is 5.32 Å². The van der Waals surface area contributed by atoms with E-state index in [0.29, 0.717) is 6.04 Å². The molecule has 0 aliphatic rings. The predicted molar refractivity (Wildman–Crippen MR) is 88.9 cm³/mol. The quantitative estimate of drug-likeness (QED) is 0.752. The Morgan fingerprint density at radius 2 is 2.05 bits per heavy atom. The molecule has 0 aliphatic heterocycles. The van der Waals surface area contributed by atoms with Crippen LogP contribution in [0.4, 0.5) is 5.69 Å². The largest absolute Gasteiger partial charge is 0.377 e. The molecular weight excluding hydrogens is 278 g/mol. The number of benzene rings is 1. The van der Waals surface area contributed by atoms with Crippen molar-refractivity contribution in [3.05, 3.63) is 70.2 Å². The number of para-hydroxylation sites is 1. The fourth-order valence-electron chi connectivity index (χ4n) is 2.36. The molecule has 0 saturated heterocycles. The third kappa shape index (κ3) is 3.34. The molecule has 0 amide bonds. The molecule has 0 saturated carbocycles. The summed E-state index contributed by atoms with van der Waals surface area (Å²) in [5, 5.41) is 7.91. The first-order valence-electron chi connectivity index (χ1n) is 7.10. The summed E-state index contributed by atoms with van der Waals surface area (Å²) in [5.74, 6) is 0. The Morgan fingerprint density at radius 1 is 1.19 bits per heavy atom. The maximum atomic E-state index is 4.28. The van der Waals surface area contributed by atoms with Crippen LogP contribution in [0.2, 0.25) is 0 Å². The van der Waals surface area contributed by atoms with Crippen molar-refractivity contribution >= 4 is 17.0 Å². The Hall–Kier alpha value is -2.07. The van der Waals surface area contributed by atoms with Gasteiger partial charge in [0, 0.05) is 27.8 Å². The molecule has 1 atom stereocenters. The van der Waals surface area contributed by atoms with Gasteiger partial charge in [0.15, 0.2) is 0 Å². The molecule has 3 nitrogen and oxygen atoms in total. The molecule has 1 N–H and O–H groups in total. The molecule has 1 unspecified atom stereocenters. The summed E-state index contributed by atoms with van der Waals surface area (Å²) in [6.07, 6.45) is 3.80. The summed E-state index contributed by atoms with van der Waals surface area (Å²) in [5.41, 5.74) is 2.42. The van der Waals surface area contributed by atoms with E-state index >= 15 is 0 Å². The van der Waals surface area contributed by atoms with Crippen LogP contribution in [0.5, 0.6) is 0 Å². The fourth-order valence-corrected chi connectivity index (χ4v) is 3.24. The highest BCUT2D eigenvalue weighted by atomic mass is 32.1.